The van der Waals surface area contributed by atoms with E-state index >= 15 is 0 Å². The fourth-order valence-corrected chi connectivity index (χ4v) is 7.43. The first-order valence-electron chi connectivity index (χ1n) is 14.9. The fraction of sp³-hybridized carbons (Fsp3) is 0.485. The second-order valence-corrected chi connectivity index (χ2v) is 14.0. The van der Waals surface area contributed by atoms with Gasteiger partial charge in [0.25, 0.3) is 5.91 Å². The number of nitrogens with zero attached hydrogens (tertiary/aromatic N) is 1. The van der Waals surface area contributed by atoms with E-state index in [2.05, 4.69) is 47.4 Å². The van der Waals surface area contributed by atoms with Crippen molar-refractivity contribution in [2.45, 2.75) is 50.9 Å². The Bertz CT molecular complexity index is 1440. The normalized spacial score (nSPS) is 23.1. The standard InChI is InChI=1S/C33H41ClN2O5S/c1-3-5-6-7-24-8-9-27(24)21-36-22-33(15-14-25-19-28(34)11-12-29(25)33)23-41-31-13-10-26(20-30(31)36)32(37)35-42(38,39)18-17-40-16-4-2/h4,6-7,10-13,19-20,24,27H,2-3,5,8-9,14-18,21-23H2,1H3,(H,35,37)/b7-6+/t24-,27+,33-/m0/s1. The summed E-state index contributed by atoms with van der Waals surface area (Å²) in [6.07, 6.45) is 12.7. The first-order chi connectivity index (χ1) is 20.2. The quantitative estimate of drug-likeness (QED) is 0.231. The molecular weight excluding hydrogens is 572 g/mol. The van der Waals surface area contributed by atoms with Crippen molar-refractivity contribution in [1.82, 2.24) is 4.72 Å². The van der Waals surface area contributed by atoms with Gasteiger partial charge in [-0.05, 0) is 85.4 Å². The molecule has 2 aromatic carbocycles. The first-order valence-corrected chi connectivity index (χ1v) is 17.0. The van der Waals surface area contributed by atoms with Gasteiger partial charge in [-0.25, -0.2) is 13.1 Å². The Morgan fingerprint density at radius 2 is 2.12 bits per heavy atom. The van der Waals surface area contributed by atoms with Crippen molar-refractivity contribution in [3.05, 3.63) is 82.9 Å². The van der Waals surface area contributed by atoms with E-state index < -0.39 is 15.9 Å². The van der Waals surface area contributed by atoms with Gasteiger partial charge in [0.15, 0.2) is 0 Å². The van der Waals surface area contributed by atoms with E-state index in [1.165, 1.54) is 17.5 Å². The van der Waals surface area contributed by atoms with Gasteiger partial charge in [0.1, 0.15) is 5.75 Å². The van der Waals surface area contributed by atoms with Crippen LogP contribution in [0.15, 0.2) is 61.2 Å². The Kier molecular flexibility index (Phi) is 9.65. The number of fused-ring (bicyclic) bond motifs is 3. The van der Waals surface area contributed by atoms with E-state index in [1.54, 1.807) is 24.3 Å². The smallest absolute Gasteiger partial charge is 0.264 e. The number of benzene rings is 2. The first kappa shape index (κ1) is 30.6. The van der Waals surface area contributed by atoms with Crippen LogP contribution in [-0.2, 0) is 26.6 Å². The summed E-state index contributed by atoms with van der Waals surface area (Å²) in [7, 11) is -3.86. The summed E-state index contributed by atoms with van der Waals surface area (Å²) < 4.78 is 39.0. The van der Waals surface area contributed by atoms with E-state index in [-0.39, 0.29) is 29.9 Å². The van der Waals surface area contributed by atoms with Crippen LogP contribution in [0.4, 0.5) is 5.69 Å². The van der Waals surface area contributed by atoms with E-state index in [0.29, 0.717) is 24.2 Å². The van der Waals surface area contributed by atoms with Crippen molar-refractivity contribution in [2.24, 2.45) is 11.8 Å². The lowest BCUT2D eigenvalue weighted by Gasteiger charge is -2.41. The Hall–Kier alpha value is -2.81. The number of carbonyl (C=O) groups is 1. The number of unbranched alkanes of at least 4 members (excludes halogenated alkanes) is 1. The molecule has 5 rings (SSSR count). The van der Waals surface area contributed by atoms with Gasteiger partial charge in [-0.1, -0.05) is 49.2 Å². The number of allylic oxidation sites excluding steroid dienone is 2. The number of halogens is 1. The number of carbonyl (C=O) groups excluding carboxylic acids is 1. The van der Waals surface area contributed by atoms with Crippen LogP contribution in [0.25, 0.3) is 0 Å². The van der Waals surface area contributed by atoms with Gasteiger partial charge in [-0.2, -0.15) is 0 Å². The Labute approximate surface area is 255 Å². The molecule has 0 radical (unpaired) electrons. The van der Waals surface area contributed by atoms with Crippen molar-refractivity contribution in [3.8, 4) is 5.75 Å². The van der Waals surface area contributed by atoms with E-state index in [0.717, 1.165) is 55.9 Å². The lowest BCUT2D eigenvalue weighted by molar-refractivity contribution is 0.0981. The number of amides is 1. The van der Waals surface area contributed by atoms with Crippen LogP contribution in [0.3, 0.4) is 0 Å². The average Bonchev–Trinajstić information content (AvgIpc) is 3.21. The monoisotopic (exact) mass is 612 g/mol. The molecule has 0 aromatic heterocycles. The number of nitrogens with one attached hydrogen (secondary N) is 1. The molecule has 226 valence electrons. The van der Waals surface area contributed by atoms with Gasteiger partial charge in [-0.3, -0.25) is 4.79 Å². The second kappa shape index (κ2) is 13.2. The lowest BCUT2D eigenvalue weighted by atomic mass is 9.72. The molecule has 1 fully saturated rings. The number of sulfonamides is 1. The molecule has 3 aliphatic rings. The molecule has 0 saturated heterocycles. The fourth-order valence-electron chi connectivity index (χ4n) is 6.39. The molecule has 42 heavy (non-hydrogen) atoms. The number of hydrogen-bond acceptors (Lipinski definition) is 6. The molecule has 0 bridgehead atoms. The van der Waals surface area contributed by atoms with E-state index in [1.807, 2.05) is 6.07 Å². The van der Waals surface area contributed by atoms with Crippen molar-refractivity contribution < 1.29 is 22.7 Å². The largest absolute Gasteiger partial charge is 0.490 e. The summed E-state index contributed by atoms with van der Waals surface area (Å²) in [6.45, 7) is 8.09. The van der Waals surface area contributed by atoms with Crippen LogP contribution in [-0.4, -0.2) is 53.0 Å². The Morgan fingerprint density at radius 1 is 1.26 bits per heavy atom. The maximum atomic E-state index is 13.1. The molecule has 7 nitrogen and oxygen atoms in total. The third-order valence-electron chi connectivity index (χ3n) is 8.82. The maximum Gasteiger partial charge on any atom is 0.264 e. The maximum absolute atomic E-state index is 13.1. The zero-order valence-electron chi connectivity index (χ0n) is 24.3. The molecule has 2 aromatic rings. The van der Waals surface area contributed by atoms with Crippen LogP contribution in [0.2, 0.25) is 5.02 Å². The molecule has 1 amide bonds. The molecule has 9 heteroatoms. The topological polar surface area (TPSA) is 84.9 Å². The van der Waals surface area contributed by atoms with Crippen LogP contribution in [0, 0.1) is 11.8 Å². The molecule has 0 unspecified atom stereocenters. The van der Waals surface area contributed by atoms with Gasteiger partial charge >= 0.3 is 0 Å². The predicted molar refractivity (Wildman–Crippen MR) is 168 cm³/mol. The highest BCUT2D eigenvalue weighted by Crippen LogP contribution is 2.47. The van der Waals surface area contributed by atoms with Crippen molar-refractivity contribution in [3.63, 3.8) is 0 Å². The van der Waals surface area contributed by atoms with Crippen molar-refractivity contribution in [2.75, 3.05) is 43.6 Å². The van der Waals surface area contributed by atoms with E-state index in [9.17, 15) is 13.2 Å². The zero-order chi connectivity index (χ0) is 29.7. The summed E-state index contributed by atoms with van der Waals surface area (Å²) in [5, 5.41) is 0.745. The summed E-state index contributed by atoms with van der Waals surface area (Å²) in [4.78, 5) is 15.5. The van der Waals surface area contributed by atoms with Gasteiger partial charge < -0.3 is 14.4 Å². The highest BCUT2D eigenvalue weighted by Gasteiger charge is 2.44. The molecule has 2 aliphatic carbocycles. The van der Waals surface area contributed by atoms with Crippen LogP contribution in [0.1, 0.15) is 60.5 Å². The highest BCUT2D eigenvalue weighted by atomic mass is 35.5. The van der Waals surface area contributed by atoms with Crippen LogP contribution < -0.4 is 14.4 Å². The van der Waals surface area contributed by atoms with Gasteiger partial charge in [0.2, 0.25) is 10.0 Å². The summed E-state index contributed by atoms with van der Waals surface area (Å²) >= 11 is 6.34. The van der Waals surface area contributed by atoms with Crippen LogP contribution in [0.5, 0.6) is 5.75 Å². The predicted octanol–water partition coefficient (Wildman–Crippen LogP) is 6.07. The molecule has 1 spiro atoms. The summed E-state index contributed by atoms with van der Waals surface area (Å²) in [6, 6.07) is 11.4. The lowest BCUT2D eigenvalue weighted by Crippen LogP contribution is -2.45. The zero-order valence-corrected chi connectivity index (χ0v) is 25.9. The molecular formula is C33H41ClN2O5S. The highest BCUT2D eigenvalue weighted by molar-refractivity contribution is 7.90. The molecule has 1 heterocycles. The summed E-state index contributed by atoms with van der Waals surface area (Å²) in [5.74, 6) is 0.775. The minimum Gasteiger partial charge on any atom is -0.490 e. The summed E-state index contributed by atoms with van der Waals surface area (Å²) in [5.41, 5.74) is 3.45. The third-order valence-corrected chi connectivity index (χ3v) is 10.3. The van der Waals surface area contributed by atoms with Gasteiger partial charge in [-0.15, -0.1) is 6.58 Å². The Morgan fingerprint density at radius 3 is 2.88 bits per heavy atom. The molecule has 1 saturated carbocycles. The third kappa shape index (κ3) is 6.87. The number of ether oxygens (including phenoxy) is 2. The van der Waals surface area contributed by atoms with Crippen molar-refractivity contribution >= 4 is 33.2 Å². The molecule has 3 atom stereocenters. The number of hydrogen-bond donors (Lipinski definition) is 1. The van der Waals surface area contributed by atoms with Gasteiger partial charge in [0.05, 0.1) is 31.3 Å². The minimum absolute atomic E-state index is 0.0233. The van der Waals surface area contributed by atoms with Crippen LogP contribution >= 0.6 is 11.6 Å². The van der Waals surface area contributed by atoms with Gasteiger partial charge in [0, 0.05) is 29.1 Å². The minimum atomic E-state index is -3.86. The van der Waals surface area contributed by atoms with Crippen molar-refractivity contribution in [1.29, 1.82) is 0 Å². The number of rotatable bonds is 12. The second-order valence-electron chi connectivity index (χ2n) is 11.8. The average molecular weight is 613 g/mol. The number of aryl methyl sites for hydroxylation is 1. The molecule has 1 N–H and O–H groups in total. The SMILES string of the molecule is C=CCOCCS(=O)(=O)NC(=O)c1ccc2c(c1)N(C[C@H]1CC[C@@H]1/C=C/CCC)C[C@@]1(CCc3cc(Cl)ccc31)CO2. The van der Waals surface area contributed by atoms with E-state index in [4.69, 9.17) is 21.1 Å². The Balaban J connectivity index is 1.42. The number of anilines is 1. The molecule has 1 aliphatic heterocycles.